The summed E-state index contributed by atoms with van der Waals surface area (Å²) >= 11 is 0. The van der Waals surface area contributed by atoms with Crippen molar-refractivity contribution in [3.63, 3.8) is 0 Å². The zero-order valence-electron chi connectivity index (χ0n) is 8.58. The molecule has 6 nitrogen and oxygen atoms in total. The number of aliphatic imine (C=N–C) groups is 1. The fourth-order valence-electron chi connectivity index (χ4n) is 1.15. The van der Waals surface area contributed by atoms with Gasteiger partial charge in [0.25, 0.3) is 0 Å². The van der Waals surface area contributed by atoms with E-state index in [9.17, 15) is 5.11 Å². The Hall–Kier alpha value is -2.37. The normalized spacial score (nSPS) is 10.8. The Morgan fingerprint density at radius 2 is 2.38 bits per heavy atom. The second-order valence-electron chi connectivity index (χ2n) is 2.99. The number of hydrogen-bond acceptors (Lipinski definition) is 5. The largest absolute Gasteiger partial charge is 0.507 e. The number of benzene rings is 1. The molecular formula is C10H10N4O2. The number of phenolic OH excluding ortho intramolecular Hbond substituents is 1. The van der Waals surface area contributed by atoms with Gasteiger partial charge in [0.15, 0.2) is 0 Å². The number of nitrogens with one attached hydrogen (secondary N) is 1. The average molecular weight is 218 g/mol. The van der Waals surface area contributed by atoms with Gasteiger partial charge in [-0.15, -0.1) is 0 Å². The van der Waals surface area contributed by atoms with Crippen LogP contribution in [0.5, 0.6) is 11.5 Å². The van der Waals surface area contributed by atoms with Crippen LogP contribution in [0.15, 0.2) is 29.5 Å². The third-order valence-electron chi connectivity index (χ3n) is 1.96. The van der Waals surface area contributed by atoms with E-state index in [-0.39, 0.29) is 5.75 Å². The molecule has 16 heavy (non-hydrogen) atoms. The van der Waals surface area contributed by atoms with E-state index in [1.165, 1.54) is 12.5 Å². The van der Waals surface area contributed by atoms with Crippen molar-refractivity contribution in [1.29, 1.82) is 0 Å². The third kappa shape index (κ3) is 2.17. The topological polar surface area (TPSA) is 83.4 Å². The highest BCUT2D eigenvalue weighted by molar-refractivity contribution is 5.85. The van der Waals surface area contributed by atoms with Gasteiger partial charge < -0.3 is 9.84 Å². The molecule has 0 atom stereocenters. The van der Waals surface area contributed by atoms with Gasteiger partial charge in [0.1, 0.15) is 17.8 Å². The van der Waals surface area contributed by atoms with Gasteiger partial charge in [0.2, 0.25) is 5.95 Å². The van der Waals surface area contributed by atoms with E-state index >= 15 is 0 Å². The molecule has 0 aliphatic carbocycles. The summed E-state index contributed by atoms with van der Waals surface area (Å²) in [7, 11) is 1.56. The van der Waals surface area contributed by atoms with Crippen molar-refractivity contribution >= 4 is 12.2 Å². The summed E-state index contributed by atoms with van der Waals surface area (Å²) in [4.78, 5) is 7.83. The summed E-state index contributed by atoms with van der Waals surface area (Å²) in [6.45, 7) is 0. The minimum absolute atomic E-state index is 0.129. The van der Waals surface area contributed by atoms with Crippen molar-refractivity contribution in [2.24, 2.45) is 4.99 Å². The third-order valence-corrected chi connectivity index (χ3v) is 1.96. The molecule has 0 bridgehead atoms. The summed E-state index contributed by atoms with van der Waals surface area (Å²) in [6.07, 6.45) is 2.84. The van der Waals surface area contributed by atoms with Crippen molar-refractivity contribution in [1.82, 2.24) is 15.2 Å². The highest BCUT2D eigenvalue weighted by atomic mass is 16.5. The van der Waals surface area contributed by atoms with Crippen molar-refractivity contribution in [3.05, 3.63) is 30.1 Å². The summed E-state index contributed by atoms with van der Waals surface area (Å²) in [5.74, 6) is 1.16. The molecule has 1 heterocycles. The van der Waals surface area contributed by atoms with Crippen molar-refractivity contribution in [3.8, 4) is 11.5 Å². The first-order chi connectivity index (χ1) is 7.79. The molecule has 82 valence electrons. The van der Waals surface area contributed by atoms with E-state index in [1.54, 1.807) is 25.3 Å². The number of phenols is 1. The van der Waals surface area contributed by atoms with Gasteiger partial charge >= 0.3 is 0 Å². The molecule has 2 N–H and O–H groups in total. The number of aromatic amines is 1. The number of rotatable bonds is 3. The first kappa shape index (κ1) is 10.2. The van der Waals surface area contributed by atoms with E-state index in [1.807, 2.05) is 0 Å². The maximum atomic E-state index is 9.57. The Bertz CT molecular complexity index is 494. The number of aromatic hydroxyl groups is 1. The molecule has 6 heteroatoms. The van der Waals surface area contributed by atoms with Crippen LogP contribution < -0.4 is 4.74 Å². The lowest BCUT2D eigenvalue weighted by Gasteiger charge is -2.02. The van der Waals surface area contributed by atoms with E-state index < -0.39 is 0 Å². The molecule has 2 rings (SSSR count). The Balaban J connectivity index is 2.26. The molecule has 1 aromatic heterocycles. The molecule has 0 fully saturated rings. The Labute approximate surface area is 91.6 Å². The monoisotopic (exact) mass is 218 g/mol. The number of nitrogens with zero attached hydrogens (tertiary/aromatic N) is 3. The lowest BCUT2D eigenvalue weighted by molar-refractivity contribution is 0.412. The maximum Gasteiger partial charge on any atom is 0.245 e. The van der Waals surface area contributed by atoms with Crippen LogP contribution >= 0.6 is 0 Å². The first-order valence-electron chi connectivity index (χ1n) is 4.56. The van der Waals surface area contributed by atoms with Crippen LogP contribution in [-0.2, 0) is 0 Å². The SMILES string of the molecule is COc1ccc(O)c(/C=N/c2ncn[nH]2)c1. The number of ether oxygens (including phenoxy) is 1. The lowest BCUT2D eigenvalue weighted by Crippen LogP contribution is -1.87. The average Bonchev–Trinajstić information content (AvgIpc) is 2.81. The van der Waals surface area contributed by atoms with Gasteiger partial charge in [-0.3, -0.25) is 0 Å². The molecular weight excluding hydrogens is 208 g/mol. The molecule has 2 aromatic rings. The minimum Gasteiger partial charge on any atom is -0.507 e. The van der Waals surface area contributed by atoms with Crippen molar-refractivity contribution in [2.45, 2.75) is 0 Å². The molecule has 0 saturated carbocycles. The van der Waals surface area contributed by atoms with Gasteiger partial charge in [0.05, 0.1) is 7.11 Å². The Morgan fingerprint density at radius 3 is 3.06 bits per heavy atom. The molecule has 0 radical (unpaired) electrons. The number of H-pyrrole nitrogens is 1. The fourth-order valence-corrected chi connectivity index (χ4v) is 1.15. The summed E-state index contributed by atoms with van der Waals surface area (Å²) in [5.41, 5.74) is 0.552. The van der Waals surface area contributed by atoms with Gasteiger partial charge in [-0.2, -0.15) is 10.1 Å². The quantitative estimate of drug-likeness (QED) is 0.760. The summed E-state index contributed by atoms with van der Waals surface area (Å²) in [6, 6.07) is 4.89. The van der Waals surface area contributed by atoms with E-state index in [0.717, 1.165) is 0 Å². The zero-order chi connectivity index (χ0) is 11.4. The molecule has 0 saturated heterocycles. The predicted octanol–water partition coefficient (Wildman–Crippen LogP) is 1.27. The van der Waals surface area contributed by atoms with E-state index in [0.29, 0.717) is 17.3 Å². The molecule has 0 aliphatic heterocycles. The molecule has 0 unspecified atom stereocenters. The van der Waals surface area contributed by atoms with Crippen LogP contribution in [0.2, 0.25) is 0 Å². The fraction of sp³-hybridized carbons (Fsp3) is 0.100. The summed E-state index contributed by atoms with van der Waals surface area (Å²) < 4.78 is 5.04. The van der Waals surface area contributed by atoms with E-state index in [4.69, 9.17) is 4.74 Å². The molecule has 0 aliphatic rings. The highest BCUT2D eigenvalue weighted by Crippen LogP contribution is 2.21. The summed E-state index contributed by atoms with van der Waals surface area (Å²) in [5, 5.41) is 15.8. The van der Waals surface area contributed by atoms with Gasteiger partial charge in [-0.05, 0) is 18.2 Å². The molecule has 0 amide bonds. The smallest absolute Gasteiger partial charge is 0.245 e. The van der Waals surface area contributed by atoms with Crippen LogP contribution in [0, 0.1) is 0 Å². The number of aromatic nitrogens is 3. The van der Waals surface area contributed by atoms with Crippen molar-refractivity contribution < 1.29 is 9.84 Å². The van der Waals surface area contributed by atoms with Gasteiger partial charge in [0, 0.05) is 11.8 Å². The van der Waals surface area contributed by atoms with Gasteiger partial charge in [-0.25, -0.2) is 10.1 Å². The van der Waals surface area contributed by atoms with E-state index in [2.05, 4.69) is 20.2 Å². The second kappa shape index (κ2) is 4.43. The lowest BCUT2D eigenvalue weighted by atomic mass is 10.2. The molecule has 1 aromatic carbocycles. The van der Waals surface area contributed by atoms with Crippen LogP contribution in [0.25, 0.3) is 0 Å². The standard InChI is InChI=1S/C10H10N4O2/c1-16-8-2-3-9(15)7(4-8)5-11-10-12-6-13-14-10/h2-6,15H,1H3,(H,12,13,14)/b11-5+. The van der Waals surface area contributed by atoms with Crippen LogP contribution in [0.4, 0.5) is 5.95 Å². The van der Waals surface area contributed by atoms with Gasteiger partial charge in [-0.1, -0.05) is 0 Å². The van der Waals surface area contributed by atoms with Crippen LogP contribution in [0.1, 0.15) is 5.56 Å². The van der Waals surface area contributed by atoms with Crippen LogP contribution in [-0.4, -0.2) is 33.6 Å². The highest BCUT2D eigenvalue weighted by Gasteiger charge is 2.00. The number of methoxy groups -OCH3 is 1. The van der Waals surface area contributed by atoms with Crippen LogP contribution in [0.3, 0.4) is 0 Å². The number of hydrogen-bond donors (Lipinski definition) is 2. The van der Waals surface area contributed by atoms with Crippen molar-refractivity contribution in [2.75, 3.05) is 7.11 Å². The predicted molar refractivity (Wildman–Crippen MR) is 58.3 cm³/mol. The Morgan fingerprint density at radius 1 is 1.50 bits per heavy atom. The second-order valence-corrected chi connectivity index (χ2v) is 2.99. The maximum absolute atomic E-state index is 9.57. The molecule has 0 spiro atoms. The minimum atomic E-state index is 0.129. The Kier molecular flexibility index (Phi) is 2.81. The zero-order valence-corrected chi connectivity index (χ0v) is 8.58. The first-order valence-corrected chi connectivity index (χ1v) is 4.56.